The van der Waals surface area contributed by atoms with Gasteiger partial charge in [-0.2, -0.15) is 0 Å². The predicted molar refractivity (Wildman–Crippen MR) is 85.0 cm³/mol. The van der Waals surface area contributed by atoms with Crippen LogP contribution < -0.4 is 5.32 Å². The second kappa shape index (κ2) is 5.16. The Balaban J connectivity index is 1.86. The van der Waals surface area contributed by atoms with Gasteiger partial charge in [0.2, 0.25) is 0 Å². The van der Waals surface area contributed by atoms with E-state index >= 15 is 0 Å². The normalized spacial score (nSPS) is 26.9. The highest BCUT2D eigenvalue weighted by Gasteiger charge is 2.50. The van der Waals surface area contributed by atoms with Crippen molar-refractivity contribution in [2.75, 3.05) is 25.0 Å². The number of nitrogens with zero attached hydrogens (tertiary/aromatic N) is 1. The van der Waals surface area contributed by atoms with Gasteiger partial charge in [0.05, 0.1) is 12.6 Å². The van der Waals surface area contributed by atoms with Gasteiger partial charge in [0.1, 0.15) is 5.60 Å². The molecule has 1 saturated heterocycles. The number of carbonyl (C=O) groups is 1. The number of ether oxygens (including phenoxy) is 1. The summed E-state index contributed by atoms with van der Waals surface area (Å²) in [4.78, 5) is 14.1. The highest BCUT2D eigenvalue weighted by Crippen LogP contribution is 2.45. The Kier molecular flexibility index (Phi) is 3.56. The fourth-order valence-corrected chi connectivity index (χ4v) is 3.56. The number of benzene rings is 1. The number of hydrogen-bond acceptors (Lipinski definition) is 4. The Morgan fingerprint density at radius 1 is 1.45 bits per heavy atom. The monoisotopic (exact) mass is 304 g/mol. The number of carbonyl (C=O) groups excluding carboxylic acids is 1. The Labute approximate surface area is 131 Å². The van der Waals surface area contributed by atoms with Gasteiger partial charge in [-0.05, 0) is 38.8 Å². The third-order valence-electron chi connectivity index (χ3n) is 4.49. The highest BCUT2D eigenvalue weighted by atomic mass is 16.6. The quantitative estimate of drug-likeness (QED) is 0.836. The maximum Gasteiger partial charge on any atom is 0.410 e. The van der Waals surface area contributed by atoms with Crippen LogP contribution >= 0.6 is 0 Å². The molecule has 120 valence electrons. The molecule has 3 rings (SSSR count). The van der Waals surface area contributed by atoms with Crippen molar-refractivity contribution in [2.24, 2.45) is 0 Å². The first-order valence-electron chi connectivity index (χ1n) is 7.78. The summed E-state index contributed by atoms with van der Waals surface area (Å²) in [7, 11) is 0. The van der Waals surface area contributed by atoms with E-state index < -0.39 is 5.60 Å². The van der Waals surface area contributed by atoms with Crippen molar-refractivity contribution in [1.29, 1.82) is 0 Å². The molecule has 1 spiro atoms. The van der Waals surface area contributed by atoms with Crippen LogP contribution in [0.25, 0.3) is 0 Å². The van der Waals surface area contributed by atoms with E-state index in [0.29, 0.717) is 6.54 Å². The summed E-state index contributed by atoms with van der Waals surface area (Å²) in [6.45, 7) is 6.91. The van der Waals surface area contributed by atoms with Gasteiger partial charge in [-0.1, -0.05) is 18.2 Å². The van der Waals surface area contributed by atoms with Gasteiger partial charge in [-0.3, -0.25) is 0 Å². The number of rotatable bonds is 1. The Morgan fingerprint density at radius 3 is 2.86 bits per heavy atom. The van der Waals surface area contributed by atoms with E-state index in [1.165, 1.54) is 5.56 Å². The van der Waals surface area contributed by atoms with Gasteiger partial charge in [0.25, 0.3) is 0 Å². The van der Waals surface area contributed by atoms with Crippen molar-refractivity contribution < 1.29 is 14.6 Å². The van der Waals surface area contributed by atoms with E-state index in [1.807, 2.05) is 32.9 Å². The summed E-state index contributed by atoms with van der Waals surface area (Å²) in [6.07, 6.45) is 0.417. The van der Waals surface area contributed by atoms with Crippen molar-refractivity contribution in [3.63, 3.8) is 0 Å². The smallest absolute Gasteiger partial charge is 0.410 e. The number of likely N-dealkylation sites (tertiary alicyclic amines) is 1. The summed E-state index contributed by atoms with van der Waals surface area (Å²) >= 11 is 0. The van der Waals surface area contributed by atoms with Crippen molar-refractivity contribution in [2.45, 2.75) is 44.2 Å². The fraction of sp³-hybridized carbons (Fsp3) is 0.588. The second-order valence-corrected chi connectivity index (χ2v) is 7.33. The molecular weight excluding hydrogens is 280 g/mol. The maximum absolute atomic E-state index is 12.5. The first-order chi connectivity index (χ1) is 10.3. The molecule has 2 atom stereocenters. The van der Waals surface area contributed by atoms with Crippen LogP contribution in [0.15, 0.2) is 24.3 Å². The highest BCUT2D eigenvalue weighted by molar-refractivity contribution is 5.71. The van der Waals surface area contributed by atoms with Crippen molar-refractivity contribution in [1.82, 2.24) is 4.90 Å². The van der Waals surface area contributed by atoms with Crippen LogP contribution in [0.5, 0.6) is 0 Å². The number of amides is 1. The fourth-order valence-electron chi connectivity index (χ4n) is 3.56. The minimum atomic E-state index is -0.529. The number of nitrogens with one attached hydrogen (secondary N) is 1. The van der Waals surface area contributed by atoms with Crippen LogP contribution in [-0.4, -0.2) is 47.4 Å². The van der Waals surface area contributed by atoms with E-state index in [1.54, 1.807) is 4.90 Å². The predicted octanol–water partition coefficient (Wildman–Crippen LogP) is 2.35. The Bertz CT molecular complexity index is 582. The average Bonchev–Trinajstić information content (AvgIpc) is 3.00. The molecule has 2 aliphatic rings. The van der Waals surface area contributed by atoms with E-state index in [4.69, 9.17) is 4.74 Å². The molecule has 0 aromatic heterocycles. The summed E-state index contributed by atoms with van der Waals surface area (Å²) in [5, 5.41) is 13.1. The van der Waals surface area contributed by atoms with E-state index in [9.17, 15) is 9.90 Å². The summed E-state index contributed by atoms with van der Waals surface area (Å²) in [6, 6.07) is 8.02. The molecule has 2 heterocycles. The molecule has 5 nitrogen and oxygen atoms in total. The molecule has 0 bridgehead atoms. The molecule has 1 amide bonds. The molecule has 0 unspecified atom stereocenters. The van der Waals surface area contributed by atoms with Gasteiger partial charge in [0, 0.05) is 24.2 Å². The van der Waals surface area contributed by atoms with Gasteiger partial charge < -0.3 is 20.1 Å². The Morgan fingerprint density at radius 2 is 2.18 bits per heavy atom. The third-order valence-corrected chi connectivity index (χ3v) is 4.49. The molecule has 0 saturated carbocycles. The number of aliphatic hydroxyl groups is 1. The zero-order chi connectivity index (χ0) is 16.0. The van der Waals surface area contributed by atoms with Gasteiger partial charge in [0.15, 0.2) is 0 Å². The lowest BCUT2D eigenvalue weighted by Crippen LogP contribution is -2.42. The van der Waals surface area contributed by atoms with Crippen molar-refractivity contribution in [3.05, 3.63) is 29.8 Å². The maximum atomic E-state index is 12.5. The lowest BCUT2D eigenvalue weighted by Gasteiger charge is -2.28. The zero-order valence-electron chi connectivity index (χ0n) is 13.4. The average molecular weight is 304 g/mol. The molecular formula is C17H24N2O3. The molecule has 1 aromatic carbocycles. The summed E-state index contributed by atoms with van der Waals surface area (Å²) in [5.74, 6) is 0. The minimum absolute atomic E-state index is 0.0385. The number of aliphatic hydroxyl groups excluding tert-OH is 1. The van der Waals surface area contributed by atoms with Crippen LogP contribution in [0.3, 0.4) is 0 Å². The molecule has 22 heavy (non-hydrogen) atoms. The largest absolute Gasteiger partial charge is 0.444 e. The first kappa shape index (κ1) is 15.2. The number of fused-ring (bicyclic) bond motifs is 2. The molecule has 5 heteroatoms. The Hall–Kier alpha value is -1.75. The SMILES string of the molecule is CC(C)(C)OC(=O)N1C[C@@]2(CNc3ccccc32)C[C@H]1CO. The van der Waals surface area contributed by atoms with Crippen molar-refractivity contribution >= 4 is 11.8 Å². The molecule has 0 aliphatic carbocycles. The number of anilines is 1. The second-order valence-electron chi connectivity index (χ2n) is 7.33. The molecule has 1 aromatic rings. The van der Waals surface area contributed by atoms with Gasteiger partial charge >= 0.3 is 6.09 Å². The lowest BCUT2D eigenvalue weighted by atomic mass is 9.80. The van der Waals surface area contributed by atoms with Gasteiger partial charge in [-0.15, -0.1) is 0 Å². The van der Waals surface area contributed by atoms with Crippen LogP contribution in [0.1, 0.15) is 32.8 Å². The van der Waals surface area contributed by atoms with Gasteiger partial charge in [-0.25, -0.2) is 4.79 Å². The summed E-state index contributed by atoms with van der Waals surface area (Å²) in [5.41, 5.74) is 1.71. The molecule has 2 N–H and O–H groups in total. The van der Waals surface area contributed by atoms with Crippen molar-refractivity contribution in [3.8, 4) is 0 Å². The van der Waals surface area contributed by atoms with E-state index in [0.717, 1.165) is 18.7 Å². The number of para-hydroxylation sites is 1. The van der Waals surface area contributed by atoms with Crippen LogP contribution in [0, 0.1) is 0 Å². The first-order valence-corrected chi connectivity index (χ1v) is 7.78. The topological polar surface area (TPSA) is 61.8 Å². The third kappa shape index (κ3) is 2.54. The van der Waals surface area contributed by atoms with Crippen LogP contribution in [0.4, 0.5) is 10.5 Å². The zero-order valence-corrected chi connectivity index (χ0v) is 13.4. The van der Waals surface area contributed by atoms with Crippen LogP contribution in [0.2, 0.25) is 0 Å². The van der Waals surface area contributed by atoms with E-state index in [2.05, 4.69) is 17.4 Å². The standard InChI is InChI=1S/C17H24N2O3/c1-16(2,3)22-15(21)19-11-17(8-12(19)9-20)10-18-14-7-5-4-6-13(14)17/h4-7,12,18,20H,8-11H2,1-3H3/t12-,17-/m0/s1. The minimum Gasteiger partial charge on any atom is -0.444 e. The molecule has 2 aliphatic heterocycles. The molecule has 0 radical (unpaired) electrons. The van der Waals surface area contributed by atoms with Crippen LogP contribution in [-0.2, 0) is 10.2 Å². The molecule has 1 fully saturated rings. The number of hydrogen-bond donors (Lipinski definition) is 2. The lowest BCUT2D eigenvalue weighted by molar-refractivity contribution is 0.0171. The summed E-state index contributed by atoms with van der Waals surface area (Å²) < 4.78 is 5.50. The van der Waals surface area contributed by atoms with E-state index in [-0.39, 0.29) is 24.2 Å².